The average molecular weight is 427 g/mol. The van der Waals surface area contributed by atoms with Gasteiger partial charge in [0.25, 0.3) is 5.91 Å². The topological polar surface area (TPSA) is 37.4 Å². The van der Waals surface area contributed by atoms with Crippen molar-refractivity contribution < 1.29 is 9.59 Å². The zero-order valence-corrected chi connectivity index (χ0v) is 15.9. The maximum atomic E-state index is 12.6. The van der Waals surface area contributed by atoms with Crippen LogP contribution in [0.2, 0.25) is 10.0 Å². The molecule has 0 radical (unpaired) electrons. The number of carbonyl (C=O) groups is 2. The van der Waals surface area contributed by atoms with Crippen molar-refractivity contribution in [3.8, 4) is 0 Å². The van der Waals surface area contributed by atoms with E-state index in [1.807, 2.05) is 24.3 Å². The Morgan fingerprint density at radius 2 is 1.96 bits per heavy atom. The number of benzene rings is 2. The lowest BCUT2D eigenvalue weighted by Crippen LogP contribution is -2.28. The summed E-state index contributed by atoms with van der Waals surface area (Å²) in [6, 6.07) is 10.8. The third-order valence-electron chi connectivity index (χ3n) is 4.41. The zero-order chi connectivity index (χ0) is 17.4. The smallest absolute Gasteiger partial charge is 0.254 e. The third-order valence-corrected chi connectivity index (χ3v) is 5.64. The molecule has 0 aliphatic carbocycles. The second-order valence-corrected chi connectivity index (χ2v) is 7.50. The SMILES string of the molecule is CN1C(=O)c2cc(Br)ccc2C1C(CC=O)c1ccc(Cl)c(Cl)c1. The number of amides is 1. The first-order valence-corrected chi connectivity index (χ1v) is 8.94. The van der Waals surface area contributed by atoms with E-state index in [0.29, 0.717) is 15.6 Å². The van der Waals surface area contributed by atoms with Crippen LogP contribution in [0.1, 0.15) is 39.9 Å². The molecule has 2 aromatic carbocycles. The van der Waals surface area contributed by atoms with Crippen molar-refractivity contribution in [1.82, 2.24) is 4.90 Å². The molecule has 3 nitrogen and oxygen atoms in total. The van der Waals surface area contributed by atoms with Crippen LogP contribution in [0.15, 0.2) is 40.9 Å². The largest absolute Gasteiger partial charge is 0.334 e. The summed E-state index contributed by atoms with van der Waals surface area (Å²) in [4.78, 5) is 25.6. The number of hydrogen-bond donors (Lipinski definition) is 0. The number of likely N-dealkylation sites (N-methyl/N-ethyl adjacent to an activating group) is 1. The summed E-state index contributed by atoms with van der Waals surface area (Å²) in [5.74, 6) is -0.235. The lowest BCUT2D eigenvalue weighted by Gasteiger charge is -2.29. The number of nitrogens with zero attached hydrogens (tertiary/aromatic N) is 1. The molecule has 2 atom stereocenters. The van der Waals surface area contributed by atoms with Gasteiger partial charge in [-0.15, -0.1) is 0 Å². The number of fused-ring (bicyclic) bond motifs is 1. The van der Waals surface area contributed by atoms with Gasteiger partial charge in [0.2, 0.25) is 0 Å². The van der Waals surface area contributed by atoms with Crippen molar-refractivity contribution in [2.45, 2.75) is 18.4 Å². The number of halogens is 3. The summed E-state index contributed by atoms with van der Waals surface area (Å²) in [7, 11) is 1.76. The van der Waals surface area contributed by atoms with E-state index in [1.54, 1.807) is 24.1 Å². The molecule has 0 aromatic heterocycles. The number of rotatable bonds is 4. The molecule has 2 aromatic rings. The average Bonchev–Trinajstić information content (AvgIpc) is 2.79. The highest BCUT2D eigenvalue weighted by Crippen LogP contribution is 2.45. The van der Waals surface area contributed by atoms with Gasteiger partial charge in [-0.05, 0) is 35.4 Å². The second-order valence-electron chi connectivity index (χ2n) is 5.77. The van der Waals surface area contributed by atoms with E-state index in [9.17, 15) is 9.59 Å². The molecule has 3 rings (SSSR count). The van der Waals surface area contributed by atoms with Crippen molar-refractivity contribution in [2.24, 2.45) is 0 Å². The minimum absolute atomic E-state index is 0.0488. The van der Waals surface area contributed by atoms with E-state index >= 15 is 0 Å². The molecule has 24 heavy (non-hydrogen) atoms. The van der Waals surface area contributed by atoms with Gasteiger partial charge in [0.1, 0.15) is 6.29 Å². The van der Waals surface area contributed by atoms with Crippen molar-refractivity contribution in [1.29, 1.82) is 0 Å². The fourth-order valence-corrected chi connectivity index (χ4v) is 3.94. The molecule has 1 aliphatic rings. The van der Waals surface area contributed by atoms with Crippen LogP contribution in [0, 0.1) is 0 Å². The van der Waals surface area contributed by atoms with Gasteiger partial charge in [-0.1, -0.05) is 51.3 Å². The zero-order valence-electron chi connectivity index (χ0n) is 12.8. The molecule has 6 heteroatoms. The van der Waals surface area contributed by atoms with Gasteiger partial charge in [0.15, 0.2) is 0 Å². The summed E-state index contributed by atoms with van der Waals surface area (Å²) in [5.41, 5.74) is 2.47. The van der Waals surface area contributed by atoms with Gasteiger partial charge in [0, 0.05) is 29.4 Å². The summed E-state index contributed by atoms with van der Waals surface area (Å²) in [6.45, 7) is 0. The van der Waals surface area contributed by atoms with Crippen LogP contribution in [0.5, 0.6) is 0 Å². The fourth-order valence-electron chi connectivity index (χ4n) is 3.28. The van der Waals surface area contributed by atoms with Crippen LogP contribution in [0.4, 0.5) is 0 Å². The van der Waals surface area contributed by atoms with E-state index in [2.05, 4.69) is 15.9 Å². The highest BCUT2D eigenvalue weighted by molar-refractivity contribution is 9.10. The first-order chi connectivity index (χ1) is 11.4. The molecule has 0 N–H and O–H groups in total. The van der Waals surface area contributed by atoms with E-state index in [0.717, 1.165) is 21.9 Å². The third kappa shape index (κ3) is 2.99. The van der Waals surface area contributed by atoms with Crippen molar-refractivity contribution in [3.63, 3.8) is 0 Å². The van der Waals surface area contributed by atoms with E-state index in [1.165, 1.54) is 0 Å². The predicted molar refractivity (Wildman–Crippen MR) is 98.9 cm³/mol. The monoisotopic (exact) mass is 425 g/mol. The van der Waals surface area contributed by atoms with Gasteiger partial charge in [-0.2, -0.15) is 0 Å². The van der Waals surface area contributed by atoms with Gasteiger partial charge >= 0.3 is 0 Å². The Balaban J connectivity index is 2.11. The van der Waals surface area contributed by atoms with Crippen LogP contribution in [-0.4, -0.2) is 24.1 Å². The first-order valence-electron chi connectivity index (χ1n) is 7.39. The van der Waals surface area contributed by atoms with Crippen LogP contribution in [0.25, 0.3) is 0 Å². The fraction of sp³-hybridized carbons (Fsp3) is 0.222. The van der Waals surface area contributed by atoms with E-state index in [-0.39, 0.29) is 24.3 Å². The molecule has 0 saturated carbocycles. The molecule has 2 unspecified atom stereocenters. The lowest BCUT2D eigenvalue weighted by molar-refractivity contribution is -0.108. The van der Waals surface area contributed by atoms with E-state index in [4.69, 9.17) is 23.2 Å². The van der Waals surface area contributed by atoms with Gasteiger partial charge in [-0.25, -0.2) is 0 Å². The van der Waals surface area contributed by atoms with Crippen molar-refractivity contribution in [2.75, 3.05) is 7.05 Å². The summed E-state index contributed by atoms with van der Waals surface area (Å²) >= 11 is 15.5. The summed E-state index contributed by atoms with van der Waals surface area (Å²) in [5, 5.41) is 0.901. The summed E-state index contributed by atoms with van der Waals surface area (Å²) in [6.07, 6.45) is 1.16. The highest BCUT2D eigenvalue weighted by Gasteiger charge is 2.39. The normalized spacial score (nSPS) is 17.8. The maximum Gasteiger partial charge on any atom is 0.254 e. The Bertz CT molecular complexity index is 825. The highest BCUT2D eigenvalue weighted by atomic mass is 79.9. The molecule has 0 spiro atoms. The molecule has 1 amide bonds. The molecule has 0 bridgehead atoms. The molecule has 1 heterocycles. The number of aldehydes is 1. The van der Waals surface area contributed by atoms with E-state index < -0.39 is 0 Å². The summed E-state index contributed by atoms with van der Waals surface area (Å²) < 4.78 is 0.852. The standard InChI is InChI=1S/C18H14BrCl2NO2/c1-22-17(13-4-3-11(19)9-14(13)18(22)24)12(6-7-23)10-2-5-15(20)16(21)8-10/h2-5,7-9,12,17H,6H2,1H3. The lowest BCUT2D eigenvalue weighted by atomic mass is 9.85. The molecular formula is C18H14BrCl2NO2. The van der Waals surface area contributed by atoms with Crippen LogP contribution in [0.3, 0.4) is 0 Å². The van der Waals surface area contributed by atoms with Gasteiger partial charge < -0.3 is 9.69 Å². The Kier molecular flexibility index (Phi) is 5.00. The number of hydrogen-bond acceptors (Lipinski definition) is 2. The Morgan fingerprint density at radius 3 is 2.62 bits per heavy atom. The molecule has 0 saturated heterocycles. The Morgan fingerprint density at radius 1 is 1.21 bits per heavy atom. The second kappa shape index (κ2) is 6.87. The Hall–Kier alpha value is -1.36. The van der Waals surface area contributed by atoms with Gasteiger partial charge in [-0.3, -0.25) is 4.79 Å². The number of carbonyl (C=O) groups excluding carboxylic acids is 2. The van der Waals surface area contributed by atoms with Crippen molar-refractivity contribution in [3.05, 3.63) is 67.6 Å². The predicted octanol–water partition coefficient (Wildman–Crippen LogP) is 5.26. The van der Waals surface area contributed by atoms with Crippen molar-refractivity contribution >= 4 is 51.3 Å². The van der Waals surface area contributed by atoms with Crippen LogP contribution in [-0.2, 0) is 4.79 Å². The van der Waals surface area contributed by atoms with Crippen LogP contribution < -0.4 is 0 Å². The molecular weight excluding hydrogens is 413 g/mol. The molecule has 1 aliphatic heterocycles. The van der Waals surface area contributed by atoms with Gasteiger partial charge in [0.05, 0.1) is 16.1 Å². The van der Waals surface area contributed by atoms with Crippen LogP contribution >= 0.6 is 39.1 Å². The quantitative estimate of drug-likeness (QED) is 0.625. The minimum atomic E-state index is -0.219. The maximum absolute atomic E-state index is 12.6. The first kappa shape index (κ1) is 17.5. The molecule has 0 fully saturated rings. The Labute approximate surface area is 158 Å². The molecule has 124 valence electrons. The minimum Gasteiger partial charge on any atom is -0.334 e.